The average Bonchev–Trinajstić information content (AvgIpc) is 3.39. The number of hydrogen-bond acceptors (Lipinski definition) is 6. The number of hydrogen-bond donors (Lipinski definition) is 0. The van der Waals surface area contributed by atoms with Crippen LogP contribution in [0.1, 0.15) is 19.3 Å². The van der Waals surface area contributed by atoms with E-state index in [2.05, 4.69) is 25.6 Å². The summed E-state index contributed by atoms with van der Waals surface area (Å²) in [4.78, 5) is 1.65. The van der Waals surface area contributed by atoms with E-state index in [-0.39, 0.29) is 5.82 Å². The summed E-state index contributed by atoms with van der Waals surface area (Å²) in [6, 6.07) is 16.5. The van der Waals surface area contributed by atoms with E-state index in [4.69, 9.17) is 0 Å². The van der Waals surface area contributed by atoms with E-state index in [0.717, 1.165) is 42.3 Å². The second-order valence-corrected chi connectivity index (χ2v) is 7.89. The molecule has 0 N–H and O–H groups in total. The van der Waals surface area contributed by atoms with Gasteiger partial charge in [-0.1, -0.05) is 60.6 Å². The first-order chi connectivity index (χ1) is 14.7. The molecule has 2 aromatic heterocycles. The summed E-state index contributed by atoms with van der Waals surface area (Å²) in [5.41, 5.74) is 1.44. The summed E-state index contributed by atoms with van der Waals surface area (Å²) in [5, 5.41) is 21.8. The zero-order valence-electron chi connectivity index (χ0n) is 16.6. The Labute approximate surface area is 178 Å². The lowest BCUT2D eigenvalue weighted by Gasteiger charge is -2.05. The average molecular weight is 424 g/mol. The monoisotopic (exact) mass is 423 g/mol. The number of thioether (sulfide) groups is 1. The molecule has 2 aromatic carbocycles. The highest BCUT2D eigenvalue weighted by atomic mass is 32.2. The minimum atomic E-state index is -0.290. The SMILES string of the molecule is Cn1c(SCCCCCn2nnc(-c3ccccc3)n2)nnc1-c1ccccc1F. The summed E-state index contributed by atoms with van der Waals surface area (Å²) < 4.78 is 15.8. The van der Waals surface area contributed by atoms with Crippen molar-refractivity contribution < 1.29 is 4.39 Å². The highest BCUT2D eigenvalue weighted by Gasteiger charge is 2.14. The molecule has 4 aromatic rings. The van der Waals surface area contributed by atoms with Crippen LogP contribution in [0.2, 0.25) is 0 Å². The largest absolute Gasteiger partial charge is 0.305 e. The predicted molar refractivity (Wildman–Crippen MR) is 114 cm³/mol. The molecule has 0 bridgehead atoms. The van der Waals surface area contributed by atoms with Gasteiger partial charge < -0.3 is 4.57 Å². The van der Waals surface area contributed by atoms with E-state index in [1.165, 1.54) is 6.07 Å². The Morgan fingerprint density at radius 2 is 1.70 bits per heavy atom. The molecule has 0 aliphatic carbocycles. The Balaban J connectivity index is 1.21. The highest BCUT2D eigenvalue weighted by Crippen LogP contribution is 2.25. The van der Waals surface area contributed by atoms with Gasteiger partial charge in [0.2, 0.25) is 5.82 Å². The van der Waals surface area contributed by atoms with E-state index >= 15 is 0 Å². The van der Waals surface area contributed by atoms with Gasteiger partial charge in [0, 0.05) is 18.4 Å². The second-order valence-electron chi connectivity index (χ2n) is 6.83. The van der Waals surface area contributed by atoms with E-state index in [1.807, 2.05) is 41.9 Å². The quantitative estimate of drug-likeness (QED) is 0.296. The maximum Gasteiger partial charge on any atom is 0.204 e. The molecule has 0 aliphatic rings. The summed E-state index contributed by atoms with van der Waals surface area (Å²) in [6.45, 7) is 0.742. The molecule has 2 heterocycles. The van der Waals surface area contributed by atoms with E-state index in [1.54, 1.807) is 34.8 Å². The van der Waals surface area contributed by atoms with Gasteiger partial charge in [0.25, 0.3) is 0 Å². The van der Waals surface area contributed by atoms with Gasteiger partial charge in [-0.2, -0.15) is 4.80 Å². The van der Waals surface area contributed by atoms with Gasteiger partial charge in [0.15, 0.2) is 11.0 Å². The van der Waals surface area contributed by atoms with Crippen molar-refractivity contribution in [1.82, 2.24) is 35.0 Å². The highest BCUT2D eigenvalue weighted by molar-refractivity contribution is 7.99. The van der Waals surface area contributed by atoms with Crippen LogP contribution in [0.25, 0.3) is 22.8 Å². The molecule has 0 spiro atoms. The number of nitrogens with zero attached hydrogens (tertiary/aromatic N) is 7. The van der Waals surface area contributed by atoms with Crippen molar-refractivity contribution in [3.8, 4) is 22.8 Å². The summed E-state index contributed by atoms with van der Waals surface area (Å²) in [6.07, 6.45) is 3.06. The second kappa shape index (κ2) is 9.62. The Morgan fingerprint density at radius 3 is 2.53 bits per heavy atom. The predicted octanol–water partition coefficient (Wildman–Crippen LogP) is 4.24. The van der Waals surface area contributed by atoms with Crippen molar-refractivity contribution in [2.24, 2.45) is 7.05 Å². The van der Waals surface area contributed by atoms with E-state index in [9.17, 15) is 4.39 Å². The van der Waals surface area contributed by atoms with Crippen LogP contribution in [0.5, 0.6) is 0 Å². The molecule has 154 valence electrons. The number of halogens is 1. The Hall–Kier alpha value is -3.07. The van der Waals surface area contributed by atoms with Gasteiger partial charge in [-0.3, -0.25) is 0 Å². The lowest BCUT2D eigenvalue weighted by atomic mass is 10.2. The van der Waals surface area contributed by atoms with Crippen LogP contribution in [-0.4, -0.2) is 40.7 Å². The molecule has 0 saturated carbocycles. The van der Waals surface area contributed by atoms with Crippen LogP contribution in [0, 0.1) is 5.82 Å². The molecule has 0 amide bonds. The number of tetrazole rings is 1. The topological polar surface area (TPSA) is 74.3 Å². The minimum absolute atomic E-state index is 0.290. The molecule has 9 heteroatoms. The molecule has 0 fully saturated rings. The standard InChI is InChI=1S/C21H22FN7S/c1-28-20(17-12-6-7-13-18(17)22)24-25-21(28)30-15-9-3-8-14-29-26-19(23-27-29)16-10-4-2-5-11-16/h2,4-7,10-13H,3,8-9,14-15H2,1H3. The number of aromatic nitrogens is 7. The third kappa shape index (κ3) is 4.73. The van der Waals surface area contributed by atoms with Crippen molar-refractivity contribution in [3.05, 3.63) is 60.4 Å². The molecule has 0 saturated heterocycles. The van der Waals surface area contributed by atoms with Crippen LogP contribution < -0.4 is 0 Å². The van der Waals surface area contributed by atoms with Crippen molar-refractivity contribution >= 4 is 11.8 Å². The number of unbranched alkanes of at least 4 members (excludes halogenated alkanes) is 2. The molecule has 0 radical (unpaired) electrons. The van der Waals surface area contributed by atoms with Crippen molar-refractivity contribution in [2.45, 2.75) is 31.0 Å². The fourth-order valence-corrected chi connectivity index (χ4v) is 3.96. The zero-order valence-corrected chi connectivity index (χ0v) is 17.5. The van der Waals surface area contributed by atoms with Crippen LogP contribution in [0.15, 0.2) is 59.8 Å². The fourth-order valence-electron chi connectivity index (χ4n) is 3.05. The third-order valence-corrected chi connectivity index (χ3v) is 5.77. The van der Waals surface area contributed by atoms with Crippen LogP contribution in [0.3, 0.4) is 0 Å². The zero-order chi connectivity index (χ0) is 20.8. The summed E-state index contributed by atoms with van der Waals surface area (Å²) >= 11 is 1.63. The number of aryl methyl sites for hydroxylation is 1. The van der Waals surface area contributed by atoms with Crippen LogP contribution >= 0.6 is 11.8 Å². The Bertz CT molecular complexity index is 1090. The molecule has 7 nitrogen and oxygen atoms in total. The van der Waals surface area contributed by atoms with Gasteiger partial charge in [-0.05, 0) is 30.2 Å². The molecule has 30 heavy (non-hydrogen) atoms. The third-order valence-electron chi connectivity index (χ3n) is 4.67. The summed E-state index contributed by atoms with van der Waals surface area (Å²) in [5.74, 6) is 1.83. The number of rotatable bonds is 9. The molecule has 0 atom stereocenters. The van der Waals surface area contributed by atoms with Gasteiger partial charge in [-0.15, -0.1) is 20.4 Å². The molecule has 4 rings (SSSR count). The van der Waals surface area contributed by atoms with Crippen LogP contribution in [0.4, 0.5) is 4.39 Å². The maximum atomic E-state index is 14.0. The minimum Gasteiger partial charge on any atom is -0.305 e. The molecule has 0 unspecified atom stereocenters. The Kier molecular flexibility index (Phi) is 6.48. The van der Waals surface area contributed by atoms with Crippen molar-refractivity contribution in [2.75, 3.05) is 5.75 Å². The lowest BCUT2D eigenvalue weighted by Crippen LogP contribution is -2.03. The first-order valence-electron chi connectivity index (χ1n) is 9.82. The first kappa shape index (κ1) is 20.2. The van der Waals surface area contributed by atoms with Crippen LogP contribution in [-0.2, 0) is 13.6 Å². The number of benzene rings is 2. The van der Waals surface area contributed by atoms with Crippen molar-refractivity contribution in [3.63, 3.8) is 0 Å². The van der Waals surface area contributed by atoms with Crippen molar-refractivity contribution in [1.29, 1.82) is 0 Å². The fraction of sp³-hybridized carbons (Fsp3) is 0.286. The van der Waals surface area contributed by atoms with E-state index in [0.29, 0.717) is 17.2 Å². The Morgan fingerprint density at radius 1 is 0.900 bits per heavy atom. The first-order valence-corrected chi connectivity index (χ1v) is 10.8. The summed E-state index contributed by atoms with van der Waals surface area (Å²) in [7, 11) is 1.87. The molecular formula is C21H22FN7S. The molecule has 0 aliphatic heterocycles. The maximum absolute atomic E-state index is 14.0. The smallest absolute Gasteiger partial charge is 0.204 e. The van der Waals surface area contributed by atoms with Gasteiger partial charge in [0.1, 0.15) is 5.82 Å². The van der Waals surface area contributed by atoms with E-state index < -0.39 is 0 Å². The van der Waals surface area contributed by atoms with Gasteiger partial charge in [0.05, 0.1) is 12.1 Å². The molecular weight excluding hydrogens is 401 g/mol. The van der Waals surface area contributed by atoms with Gasteiger partial charge in [-0.25, -0.2) is 4.39 Å². The normalized spacial score (nSPS) is 11.1. The lowest BCUT2D eigenvalue weighted by molar-refractivity contribution is 0.487. The van der Waals surface area contributed by atoms with Gasteiger partial charge >= 0.3 is 0 Å².